The summed E-state index contributed by atoms with van der Waals surface area (Å²) in [4.78, 5) is 23.1. The molecule has 2 rings (SSSR count). The number of carbonyl (C=O) groups is 1. The molecule has 0 bridgehead atoms. The van der Waals surface area contributed by atoms with Crippen molar-refractivity contribution in [1.29, 1.82) is 0 Å². The average Bonchev–Trinajstić information content (AvgIpc) is 2.55. The molecule has 84 valence electrons. The molecule has 1 atom stereocenters. The molecule has 0 fully saturated rings. The van der Waals surface area contributed by atoms with Crippen LogP contribution >= 0.6 is 0 Å². The predicted molar refractivity (Wildman–Crippen MR) is 57.1 cm³/mol. The molecule has 0 aliphatic carbocycles. The number of fused-ring (bicyclic) bond motifs is 1. The summed E-state index contributed by atoms with van der Waals surface area (Å²) in [5.41, 5.74) is 0.702. The summed E-state index contributed by atoms with van der Waals surface area (Å²) in [5, 5.41) is 9.31. The van der Waals surface area contributed by atoms with Gasteiger partial charge in [-0.25, -0.2) is 4.79 Å². The zero-order valence-electron chi connectivity index (χ0n) is 8.77. The van der Waals surface area contributed by atoms with Gasteiger partial charge < -0.3 is 9.84 Å². The SMILES string of the molecule is C=C1CC(C(=O)OC)n2c1cc(O)cc2=O. The number of rotatable bonds is 1. The second kappa shape index (κ2) is 3.52. The first kappa shape index (κ1) is 10.5. The summed E-state index contributed by atoms with van der Waals surface area (Å²) < 4.78 is 5.92. The number of esters is 1. The Kier molecular flexibility index (Phi) is 2.30. The number of pyridine rings is 1. The number of aromatic hydroxyl groups is 1. The lowest BCUT2D eigenvalue weighted by atomic mass is 10.1. The normalized spacial score (nSPS) is 18.3. The van der Waals surface area contributed by atoms with E-state index in [0.29, 0.717) is 17.7 Å². The predicted octanol–water partition coefficient (Wildman–Crippen LogP) is 0.685. The van der Waals surface area contributed by atoms with Gasteiger partial charge in [-0.05, 0) is 5.57 Å². The van der Waals surface area contributed by atoms with Crippen LogP contribution in [0, 0.1) is 0 Å². The number of methoxy groups -OCH3 is 1. The van der Waals surface area contributed by atoms with E-state index < -0.39 is 17.6 Å². The van der Waals surface area contributed by atoms with Crippen molar-refractivity contribution < 1.29 is 14.6 Å². The van der Waals surface area contributed by atoms with E-state index in [1.807, 2.05) is 0 Å². The lowest BCUT2D eigenvalue weighted by molar-refractivity contribution is -0.144. The number of nitrogens with zero attached hydrogens (tertiary/aromatic N) is 1. The molecule has 5 heteroatoms. The van der Waals surface area contributed by atoms with Crippen LogP contribution in [0.15, 0.2) is 23.5 Å². The van der Waals surface area contributed by atoms with Crippen molar-refractivity contribution in [2.75, 3.05) is 7.11 Å². The van der Waals surface area contributed by atoms with Gasteiger partial charge in [0.2, 0.25) is 0 Å². The maximum Gasteiger partial charge on any atom is 0.329 e. The van der Waals surface area contributed by atoms with Gasteiger partial charge in [0.05, 0.1) is 12.8 Å². The summed E-state index contributed by atoms with van der Waals surface area (Å²) in [6.07, 6.45) is 0.339. The van der Waals surface area contributed by atoms with Crippen molar-refractivity contribution in [1.82, 2.24) is 4.57 Å². The first-order valence-corrected chi connectivity index (χ1v) is 4.76. The molecule has 0 aromatic carbocycles. The topological polar surface area (TPSA) is 68.5 Å². The lowest BCUT2D eigenvalue weighted by Gasteiger charge is -2.11. The Morgan fingerprint density at radius 1 is 1.62 bits per heavy atom. The highest BCUT2D eigenvalue weighted by Crippen LogP contribution is 2.34. The van der Waals surface area contributed by atoms with Gasteiger partial charge in [-0.2, -0.15) is 0 Å². The smallest absolute Gasteiger partial charge is 0.329 e. The Hall–Kier alpha value is -2.04. The number of ether oxygens (including phenoxy) is 1. The Labute approximate surface area is 91.6 Å². The molecule has 1 unspecified atom stereocenters. The summed E-state index contributed by atoms with van der Waals surface area (Å²) in [6, 6.07) is 1.82. The highest BCUT2D eigenvalue weighted by atomic mass is 16.5. The molecule has 0 spiro atoms. The number of aromatic nitrogens is 1. The van der Waals surface area contributed by atoms with Crippen molar-refractivity contribution in [2.45, 2.75) is 12.5 Å². The van der Waals surface area contributed by atoms with Crippen molar-refractivity contribution in [3.05, 3.63) is 34.8 Å². The maximum atomic E-state index is 11.7. The Morgan fingerprint density at radius 3 is 2.94 bits per heavy atom. The fraction of sp³-hybridized carbons (Fsp3) is 0.273. The number of carbonyl (C=O) groups excluding carboxylic acids is 1. The quantitative estimate of drug-likeness (QED) is 0.708. The van der Waals surface area contributed by atoms with Crippen LogP contribution in [0.4, 0.5) is 0 Å². The fourth-order valence-corrected chi connectivity index (χ4v) is 1.91. The molecule has 0 saturated heterocycles. The van der Waals surface area contributed by atoms with Crippen molar-refractivity contribution >= 4 is 11.5 Å². The number of hydrogen-bond acceptors (Lipinski definition) is 4. The second-order valence-corrected chi connectivity index (χ2v) is 3.65. The molecule has 2 heterocycles. The zero-order valence-corrected chi connectivity index (χ0v) is 8.77. The van der Waals surface area contributed by atoms with E-state index >= 15 is 0 Å². The number of hydrogen-bond donors (Lipinski definition) is 1. The van der Waals surface area contributed by atoms with E-state index in [1.165, 1.54) is 17.7 Å². The molecule has 0 radical (unpaired) electrons. The van der Waals surface area contributed by atoms with Crippen LogP contribution in [0.2, 0.25) is 0 Å². The average molecular weight is 221 g/mol. The molecule has 0 amide bonds. The van der Waals surface area contributed by atoms with Crippen LogP contribution in [0.1, 0.15) is 18.2 Å². The standard InChI is InChI=1S/C11H11NO4/c1-6-3-9(11(15)16-2)12-8(6)4-7(13)5-10(12)14/h4-5,9,13H,1,3H2,2H3. The third kappa shape index (κ3) is 1.41. The van der Waals surface area contributed by atoms with Gasteiger partial charge in [0, 0.05) is 18.6 Å². The van der Waals surface area contributed by atoms with Gasteiger partial charge in [0.15, 0.2) is 0 Å². The van der Waals surface area contributed by atoms with Gasteiger partial charge in [-0.3, -0.25) is 9.36 Å². The highest BCUT2D eigenvalue weighted by Gasteiger charge is 2.32. The van der Waals surface area contributed by atoms with Gasteiger partial charge in [-0.1, -0.05) is 6.58 Å². The van der Waals surface area contributed by atoms with Crippen LogP contribution in [-0.2, 0) is 9.53 Å². The highest BCUT2D eigenvalue weighted by molar-refractivity contribution is 5.81. The third-order valence-electron chi connectivity index (χ3n) is 2.64. The molecule has 16 heavy (non-hydrogen) atoms. The Bertz CT molecular complexity index is 529. The minimum Gasteiger partial charge on any atom is -0.508 e. The minimum absolute atomic E-state index is 0.122. The van der Waals surface area contributed by atoms with E-state index in [4.69, 9.17) is 0 Å². The molecular formula is C11H11NO4. The van der Waals surface area contributed by atoms with Crippen LogP contribution in [0.5, 0.6) is 5.75 Å². The number of allylic oxidation sites excluding steroid dienone is 1. The summed E-state index contributed by atoms with van der Waals surface area (Å²) in [5.74, 6) is -0.601. The molecule has 1 aromatic heterocycles. The van der Waals surface area contributed by atoms with Gasteiger partial charge in [0.1, 0.15) is 11.8 Å². The van der Waals surface area contributed by atoms with Crippen LogP contribution < -0.4 is 5.56 Å². The van der Waals surface area contributed by atoms with E-state index in [0.717, 1.165) is 6.07 Å². The van der Waals surface area contributed by atoms with Crippen LogP contribution in [-0.4, -0.2) is 22.8 Å². The monoisotopic (exact) mass is 221 g/mol. The first-order valence-electron chi connectivity index (χ1n) is 4.76. The molecule has 5 nitrogen and oxygen atoms in total. The van der Waals surface area contributed by atoms with Crippen LogP contribution in [0.25, 0.3) is 5.57 Å². The van der Waals surface area contributed by atoms with Gasteiger partial charge in [-0.15, -0.1) is 0 Å². The maximum absolute atomic E-state index is 11.7. The Balaban J connectivity index is 2.62. The van der Waals surface area contributed by atoms with Crippen molar-refractivity contribution in [2.24, 2.45) is 0 Å². The first-order chi connectivity index (χ1) is 7.54. The molecule has 1 aromatic rings. The van der Waals surface area contributed by atoms with Crippen molar-refractivity contribution in [3.8, 4) is 5.75 Å². The van der Waals surface area contributed by atoms with E-state index in [9.17, 15) is 14.7 Å². The molecule has 1 aliphatic heterocycles. The molecule has 1 aliphatic rings. The summed E-state index contributed by atoms with van der Waals surface area (Å²) in [6.45, 7) is 3.77. The second-order valence-electron chi connectivity index (χ2n) is 3.65. The zero-order chi connectivity index (χ0) is 11.9. The fourth-order valence-electron chi connectivity index (χ4n) is 1.91. The molecular weight excluding hydrogens is 210 g/mol. The van der Waals surface area contributed by atoms with E-state index in [-0.39, 0.29) is 5.75 Å². The largest absolute Gasteiger partial charge is 0.508 e. The van der Waals surface area contributed by atoms with E-state index in [2.05, 4.69) is 11.3 Å². The third-order valence-corrected chi connectivity index (χ3v) is 2.64. The van der Waals surface area contributed by atoms with Crippen molar-refractivity contribution in [3.63, 3.8) is 0 Å². The Morgan fingerprint density at radius 2 is 2.31 bits per heavy atom. The van der Waals surface area contributed by atoms with Gasteiger partial charge >= 0.3 is 5.97 Å². The van der Waals surface area contributed by atoms with E-state index in [1.54, 1.807) is 0 Å². The molecule has 1 N–H and O–H groups in total. The minimum atomic E-state index is -0.666. The van der Waals surface area contributed by atoms with Crippen LogP contribution in [0.3, 0.4) is 0 Å². The van der Waals surface area contributed by atoms with Gasteiger partial charge in [0.25, 0.3) is 5.56 Å². The summed E-state index contributed by atoms with van der Waals surface area (Å²) >= 11 is 0. The summed E-state index contributed by atoms with van der Waals surface area (Å²) in [7, 11) is 1.27. The molecule has 0 saturated carbocycles. The lowest BCUT2D eigenvalue weighted by Crippen LogP contribution is -2.27.